The number of aromatic nitrogens is 2. The Hall–Kier alpha value is -1.78. The first-order valence-corrected chi connectivity index (χ1v) is 7.12. The minimum absolute atomic E-state index is 0.206. The number of fused-ring (bicyclic) bond motifs is 1. The molecular formula is C15H21N3O2. The van der Waals surface area contributed by atoms with E-state index >= 15 is 0 Å². The number of anilines is 1. The molecule has 0 bridgehead atoms. The van der Waals surface area contributed by atoms with Crippen LogP contribution in [-0.4, -0.2) is 16.4 Å². The van der Waals surface area contributed by atoms with Crippen molar-refractivity contribution in [2.24, 2.45) is 11.3 Å². The van der Waals surface area contributed by atoms with E-state index in [-0.39, 0.29) is 6.10 Å². The highest BCUT2D eigenvalue weighted by Gasteiger charge is 2.33. The van der Waals surface area contributed by atoms with Gasteiger partial charge in [-0.15, -0.1) is 0 Å². The van der Waals surface area contributed by atoms with Gasteiger partial charge in [0.1, 0.15) is 0 Å². The molecule has 5 nitrogen and oxygen atoms in total. The van der Waals surface area contributed by atoms with Gasteiger partial charge >= 0.3 is 0 Å². The average Bonchev–Trinajstić information content (AvgIpc) is 2.80. The van der Waals surface area contributed by atoms with Gasteiger partial charge in [-0.05, 0) is 53.0 Å². The van der Waals surface area contributed by atoms with Crippen LogP contribution in [0.4, 0.5) is 5.69 Å². The van der Waals surface area contributed by atoms with Gasteiger partial charge in [0.2, 0.25) is 0 Å². The van der Waals surface area contributed by atoms with Crippen LogP contribution in [0.15, 0.2) is 16.8 Å². The molecule has 2 N–H and O–H groups in total. The van der Waals surface area contributed by atoms with Crippen molar-refractivity contribution in [2.75, 3.05) is 5.73 Å². The molecule has 1 aromatic carbocycles. The number of hydrogen-bond acceptors (Lipinski definition) is 5. The maximum absolute atomic E-state index is 6.17. The topological polar surface area (TPSA) is 74.2 Å². The quantitative estimate of drug-likeness (QED) is 0.850. The van der Waals surface area contributed by atoms with Crippen molar-refractivity contribution in [3.05, 3.63) is 12.1 Å². The van der Waals surface area contributed by atoms with E-state index in [1.54, 1.807) is 6.07 Å². The zero-order valence-corrected chi connectivity index (χ0v) is 12.2. The lowest BCUT2D eigenvalue weighted by Crippen LogP contribution is -2.34. The van der Waals surface area contributed by atoms with Crippen LogP contribution in [0.5, 0.6) is 5.75 Å². The van der Waals surface area contributed by atoms with Gasteiger partial charge in [0.25, 0.3) is 0 Å². The Morgan fingerprint density at radius 2 is 2.00 bits per heavy atom. The number of hydrogen-bond donors (Lipinski definition) is 1. The highest BCUT2D eigenvalue weighted by atomic mass is 16.6. The van der Waals surface area contributed by atoms with Crippen molar-refractivity contribution >= 4 is 16.7 Å². The number of nitrogens with zero attached hydrogens (tertiary/aromatic N) is 2. The minimum Gasteiger partial charge on any atom is -0.488 e. The predicted octanol–water partition coefficient (Wildman–Crippen LogP) is 3.40. The van der Waals surface area contributed by atoms with Crippen LogP contribution in [0.25, 0.3) is 11.0 Å². The predicted molar refractivity (Wildman–Crippen MR) is 77.4 cm³/mol. The van der Waals surface area contributed by atoms with Gasteiger partial charge < -0.3 is 10.5 Å². The van der Waals surface area contributed by atoms with E-state index in [1.165, 1.54) is 6.42 Å². The van der Waals surface area contributed by atoms with Gasteiger partial charge in [0.05, 0.1) is 11.8 Å². The molecule has 2 aromatic rings. The Balaban J connectivity index is 1.86. The van der Waals surface area contributed by atoms with Gasteiger partial charge in [0.15, 0.2) is 16.8 Å². The summed E-state index contributed by atoms with van der Waals surface area (Å²) in [5.74, 6) is 1.38. The molecule has 2 atom stereocenters. The summed E-state index contributed by atoms with van der Waals surface area (Å²) in [6.45, 7) is 6.89. The van der Waals surface area contributed by atoms with Crippen LogP contribution in [0, 0.1) is 11.3 Å². The smallest absolute Gasteiger partial charge is 0.179 e. The number of nitrogen functional groups attached to an aromatic ring is 1. The molecule has 5 heteroatoms. The van der Waals surface area contributed by atoms with Crippen molar-refractivity contribution < 1.29 is 9.37 Å². The van der Waals surface area contributed by atoms with Crippen molar-refractivity contribution in [1.82, 2.24) is 10.3 Å². The fourth-order valence-electron chi connectivity index (χ4n) is 3.49. The summed E-state index contributed by atoms with van der Waals surface area (Å²) >= 11 is 0. The van der Waals surface area contributed by atoms with E-state index in [9.17, 15) is 0 Å². The molecule has 0 aliphatic heterocycles. The largest absolute Gasteiger partial charge is 0.488 e. The Bertz CT molecular complexity index is 621. The molecule has 20 heavy (non-hydrogen) atoms. The fourth-order valence-corrected chi connectivity index (χ4v) is 3.49. The van der Waals surface area contributed by atoms with E-state index < -0.39 is 0 Å². The summed E-state index contributed by atoms with van der Waals surface area (Å²) in [5.41, 5.74) is 7.91. The first kappa shape index (κ1) is 13.2. The molecule has 1 aromatic heterocycles. The molecule has 1 fully saturated rings. The lowest BCUT2D eigenvalue weighted by atomic mass is 9.71. The molecule has 2 unspecified atom stereocenters. The van der Waals surface area contributed by atoms with Crippen molar-refractivity contribution in [2.45, 2.75) is 46.1 Å². The Morgan fingerprint density at radius 1 is 1.25 bits per heavy atom. The molecule has 108 valence electrons. The van der Waals surface area contributed by atoms with Gasteiger partial charge in [0, 0.05) is 0 Å². The number of nitrogens with two attached hydrogens (primary N) is 1. The van der Waals surface area contributed by atoms with Crippen molar-refractivity contribution in [3.8, 4) is 5.75 Å². The second-order valence-corrected chi connectivity index (χ2v) is 6.77. The van der Waals surface area contributed by atoms with E-state index in [2.05, 4.69) is 31.1 Å². The van der Waals surface area contributed by atoms with E-state index in [0.717, 1.165) is 12.8 Å². The summed E-state index contributed by atoms with van der Waals surface area (Å²) < 4.78 is 10.9. The summed E-state index contributed by atoms with van der Waals surface area (Å²) in [6.07, 6.45) is 3.57. The molecule has 0 saturated heterocycles. The zero-order chi connectivity index (χ0) is 14.3. The van der Waals surface area contributed by atoms with Crippen LogP contribution in [0.3, 0.4) is 0 Å². The summed E-state index contributed by atoms with van der Waals surface area (Å²) in [7, 11) is 0. The Kier molecular flexibility index (Phi) is 3.07. The standard InChI is InChI=1S/C15H21N3O2/c1-9-6-10(8-15(2,3)7-9)19-12-5-4-11(16)13-14(12)18-20-17-13/h4-5,9-10H,6-8,16H2,1-3H3. The first-order valence-electron chi connectivity index (χ1n) is 7.12. The van der Waals surface area contributed by atoms with Crippen molar-refractivity contribution in [3.63, 3.8) is 0 Å². The Morgan fingerprint density at radius 3 is 2.75 bits per heavy atom. The van der Waals surface area contributed by atoms with Crippen LogP contribution in [0.2, 0.25) is 0 Å². The molecule has 0 spiro atoms. The van der Waals surface area contributed by atoms with Crippen LogP contribution in [0.1, 0.15) is 40.0 Å². The molecule has 1 heterocycles. The highest BCUT2D eigenvalue weighted by Crippen LogP contribution is 2.40. The van der Waals surface area contributed by atoms with Gasteiger partial charge in [-0.3, -0.25) is 0 Å². The fraction of sp³-hybridized carbons (Fsp3) is 0.600. The van der Waals surface area contributed by atoms with Crippen LogP contribution < -0.4 is 10.5 Å². The molecule has 1 aliphatic rings. The van der Waals surface area contributed by atoms with E-state index in [0.29, 0.717) is 33.8 Å². The third-order valence-electron chi connectivity index (χ3n) is 4.05. The number of rotatable bonds is 2. The molecule has 0 amide bonds. The third-order valence-corrected chi connectivity index (χ3v) is 4.05. The van der Waals surface area contributed by atoms with Crippen LogP contribution >= 0.6 is 0 Å². The minimum atomic E-state index is 0.206. The van der Waals surface area contributed by atoms with E-state index in [1.807, 2.05) is 6.07 Å². The Labute approximate surface area is 118 Å². The van der Waals surface area contributed by atoms with Crippen molar-refractivity contribution in [1.29, 1.82) is 0 Å². The molecule has 1 saturated carbocycles. The monoisotopic (exact) mass is 275 g/mol. The number of benzene rings is 1. The lowest BCUT2D eigenvalue weighted by molar-refractivity contribution is 0.0570. The number of ether oxygens (including phenoxy) is 1. The maximum atomic E-state index is 6.17. The molecule has 1 aliphatic carbocycles. The highest BCUT2D eigenvalue weighted by molar-refractivity contribution is 5.90. The second kappa shape index (κ2) is 4.65. The summed E-state index contributed by atoms with van der Waals surface area (Å²) in [4.78, 5) is 0. The molecule has 3 rings (SSSR count). The summed E-state index contributed by atoms with van der Waals surface area (Å²) in [5, 5.41) is 7.73. The van der Waals surface area contributed by atoms with Gasteiger partial charge in [-0.25, -0.2) is 4.63 Å². The normalized spacial score (nSPS) is 25.8. The van der Waals surface area contributed by atoms with E-state index in [4.69, 9.17) is 15.1 Å². The summed E-state index contributed by atoms with van der Waals surface area (Å²) in [6, 6.07) is 3.65. The third kappa shape index (κ3) is 2.44. The van der Waals surface area contributed by atoms with Gasteiger partial charge in [-0.2, -0.15) is 0 Å². The molecule has 0 radical (unpaired) electrons. The first-order chi connectivity index (χ1) is 9.44. The second-order valence-electron chi connectivity index (χ2n) is 6.77. The average molecular weight is 275 g/mol. The van der Waals surface area contributed by atoms with Gasteiger partial charge in [-0.1, -0.05) is 20.8 Å². The SMILES string of the molecule is CC1CC(Oc2ccc(N)c3nonc23)CC(C)(C)C1. The lowest BCUT2D eigenvalue weighted by Gasteiger charge is -2.38. The van der Waals surface area contributed by atoms with Crippen LogP contribution in [-0.2, 0) is 0 Å². The maximum Gasteiger partial charge on any atom is 0.179 e. The molecular weight excluding hydrogens is 254 g/mol. The zero-order valence-electron chi connectivity index (χ0n) is 12.2.